The summed E-state index contributed by atoms with van der Waals surface area (Å²) in [5.74, 6) is 2.19. The van der Waals surface area contributed by atoms with Gasteiger partial charge in [-0.15, -0.1) is 0 Å². The predicted octanol–water partition coefficient (Wildman–Crippen LogP) is 4.75. The van der Waals surface area contributed by atoms with Crippen molar-refractivity contribution < 1.29 is 0 Å². The molecule has 0 bridgehead atoms. The van der Waals surface area contributed by atoms with Crippen molar-refractivity contribution in [1.29, 1.82) is 0 Å². The molecule has 0 amide bonds. The summed E-state index contributed by atoms with van der Waals surface area (Å²) in [5.41, 5.74) is 1.41. The van der Waals surface area contributed by atoms with Crippen molar-refractivity contribution in [2.45, 2.75) is 40.5 Å². The SMILES string of the molecule is CC1=CCC(C(C)C/C=C/C(C)C)C=C1. The molecule has 0 aliphatic heterocycles. The summed E-state index contributed by atoms with van der Waals surface area (Å²) in [7, 11) is 0. The Morgan fingerprint density at radius 2 is 2.13 bits per heavy atom. The van der Waals surface area contributed by atoms with Crippen LogP contribution in [-0.2, 0) is 0 Å². The quantitative estimate of drug-likeness (QED) is 0.580. The molecule has 84 valence electrons. The van der Waals surface area contributed by atoms with E-state index in [0.717, 1.165) is 11.8 Å². The predicted molar refractivity (Wildman–Crippen MR) is 68.8 cm³/mol. The molecule has 0 heteroatoms. The molecule has 0 saturated carbocycles. The minimum absolute atomic E-state index is 0.682. The first kappa shape index (κ1) is 12.3. The Labute approximate surface area is 94.8 Å². The van der Waals surface area contributed by atoms with Crippen LogP contribution in [0.3, 0.4) is 0 Å². The summed E-state index contributed by atoms with van der Waals surface area (Å²) in [6.07, 6.45) is 14.1. The molecule has 0 aromatic carbocycles. The van der Waals surface area contributed by atoms with E-state index in [-0.39, 0.29) is 0 Å². The van der Waals surface area contributed by atoms with E-state index in [0.29, 0.717) is 5.92 Å². The van der Waals surface area contributed by atoms with Crippen LogP contribution >= 0.6 is 0 Å². The lowest BCUT2D eigenvalue weighted by atomic mass is 9.84. The van der Waals surface area contributed by atoms with Gasteiger partial charge in [-0.3, -0.25) is 0 Å². The van der Waals surface area contributed by atoms with Gasteiger partial charge in [-0.2, -0.15) is 0 Å². The van der Waals surface area contributed by atoms with Crippen molar-refractivity contribution >= 4 is 0 Å². The van der Waals surface area contributed by atoms with Crippen LogP contribution in [0.2, 0.25) is 0 Å². The van der Waals surface area contributed by atoms with Gasteiger partial charge in [-0.05, 0) is 37.5 Å². The molecule has 0 aromatic rings. The highest BCUT2D eigenvalue weighted by atomic mass is 14.2. The minimum atomic E-state index is 0.682. The first-order valence-electron chi connectivity index (χ1n) is 6.11. The van der Waals surface area contributed by atoms with Crippen LogP contribution in [0.25, 0.3) is 0 Å². The maximum absolute atomic E-state index is 2.38. The van der Waals surface area contributed by atoms with Crippen LogP contribution < -0.4 is 0 Å². The van der Waals surface area contributed by atoms with E-state index in [1.165, 1.54) is 18.4 Å². The topological polar surface area (TPSA) is 0 Å². The van der Waals surface area contributed by atoms with Gasteiger partial charge in [0.15, 0.2) is 0 Å². The van der Waals surface area contributed by atoms with Gasteiger partial charge in [-0.25, -0.2) is 0 Å². The van der Waals surface area contributed by atoms with Crippen molar-refractivity contribution in [3.8, 4) is 0 Å². The number of hydrogen-bond acceptors (Lipinski definition) is 0. The Kier molecular flexibility index (Phi) is 4.87. The number of rotatable bonds is 4. The standard InChI is InChI=1S/C15H24/c1-12(2)6-5-7-14(4)15-10-8-13(3)9-11-15/h5-6,8-10,12,14-15H,7,11H2,1-4H3/b6-5+. The van der Waals surface area contributed by atoms with Crippen LogP contribution in [-0.4, -0.2) is 0 Å². The monoisotopic (exact) mass is 204 g/mol. The molecule has 0 aromatic heterocycles. The zero-order valence-electron chi connectivity index (χ0n) is 10.5. The van der Waals surface area contributed by atoms with E-state index in [1.54, 1.807) is 0 Å². The third-order valence-electron chi connectivity index (χ3n) is 3.08. The molecule has 0 nitrogen and oxygen atoms in total. The third-order valence-corrected chi connectivity index (χ3v) is 3.08. The first-order chi connectivity index (χ1) is 7.09. The molecule has 1 aliphatic rings. The van der Waals surface area contributed by atoms with E-state index < -0.39 is 0 Å². The highest BCUT2D eigenvalue weighted by molar-refractivity contribution is 5.21. The molecule has 15 heavy (non-hydrogen) atoms. The summed E-state index contributed by atoms with van der Waals surface area (Å²) in [4.78, 5) is 0. The van der Waals surface area contributed by atoms with Gasteiger partial charge in [0.2, 0.25) is 0 Å². The number of allylic oxidation sites excluding steroid dienone is 6. The molecule has 0 heterocycles. The van der Waals surface area contributed by atoms with Crippen LogP contribution in [0.15, 0.2) is 36.0 Å². The molecule has 0 saturated heterocycles. The Balaban J connectivity index is 2.36. The van der Waals surface area contributed by atoms with Gasteiger partial charge in [-0.1, -0.05) is 56.7 Å². The first-order valence-corrected chi connectivity index (χ1v) is 6.11. The summed E-state index contributed by atoms with van der Waals surface area (Å²) in [5, 5.41) is 0. The molecule has 0 N–H and O–H groups in total. The fraction of sp³-hybridized carbons (Fsp3) is 0.600. The van der Waals surface area contributed by atoms with Gasteiger partial charge >= 0.3 is 0 Å². The second kappa shape index (κ2) is 5.95. The van der Waals surface area contributed by atoms with Crippen molar-refractivity contribution in [3.63, 3.8) is 0 Å². The highest BCUT2D eigenvalue weighted by Gasteiger charge is 2.13. The Morgan fingerprint density at radius 1 is 1.40 bits per heavy atom. The second-order valence-electron chi connectivity index (χ2n) is 5.09. The van der Waals surface area contributed by atoms with E-state index in [1.807, 2.05) is 0 Å². The summed E-state index contributed by atoms with van der Waals surface area (Å²) >= 11 is 0. The maximum Gasteiger partial charge on any atom is -0.0167 e. The lowest BCUT2D eigenvalue weighted by Gasteiger charge is -2.21. The molecule has 2 atom stereocenters. The van der Waals surface area contributed by atoms with Crippen LogP contribution in [0, 0.1) is 17.8 Å². The van der Waals surface area contributed by atoms with Crippen molar-refractivity contribution in [1.82, 2.24) is 0 Å². The second-order valence-corrected chi connectivity index (χ2v) is 5.09. The molecule has 0 spiro atoms. The molecular formula is C15H24. The zero-order valence-corrected chi connectivity index (χ0v) is 10.5. The summed E-state index contributed by atoms with van der Waals surface area (Å²) in [6.45, 7) is 8.99. The van der Waals surface area contributed by atoms with E-state index in [2.05, 4.69) is 58.1 Å². The zero-order chi connectivity index (χ0) is 11.3. The van der Waals surface area contributed by atoms with Crippen molar-refractivity contribution in [3.05, 3.63) is 36.0 Å². The molecule has 0 radical (unpaired) electrons. The van der Waals surface area contributed by atoms with Gasteiger partial charge < -0.3 is 0 Å². The molecular weight excluding hydrogens is 180 g/mol. The minimum Gasteiger partial charge on any atom is -0.0880 e. The van der Waals surface area contributed by atoms with E-state index in [9.17, 15) is 0 Å². The van der Waals surface area contributed by atoms with Gasteiger partial charge in [0.1, 0.15) is 0 Å². The molecule has 1 rings (SSSR count). The van der Waals surface area contributed by atoms with Gasteiger partial charge in [0.05, 0.1) is 0 Å². The maximum atomic E-state index is 2.38. The average molecular weight is 204 g/mol. The normalized spacial score (nSPS) is 23.5. The average Bonchev–Trinajstić information content (AvgIpc) is 2.18. The van der Waals surface area contributed by atoms with Crippen LogP contribution in [0.1, 0.15) is 40.5 Å². The lowest BCUT2D eigenvalue weighted by Crippen LogP contribution is -2.09. The van der Waals surface area contributed by atoms with Crippen molar-refractivity contribution in [2.75, 3.05) is 0 Å². The van der Waals surface area contributed by atoms with Crippen LogP contribution in [0.4, 0.5) is 0 Å². The third kappa shape index (κ3) is 4.51. The Morgan fingerprint density at radius 3 is 2.67 bits per heavy atom. The van der Waals surface area contributed by atoms with E-state index >= 15 is 0 Å². The summed E-state index contributed by atoms with van der Waals surface area (Å²) in [6, 6.07) is 0. The number of hydrogen-bond donors (Lipinski definition) is 0. The lowest BCUT2D eigenvalue weighted by molar-refractivity contribution is 0.432. The fourth-order valence-corrected chi connectivity index (χ4v) is 1.91. The van der Waals surface area contributed by atoms with Gasteiger partial charge in [0.25, 0.3) is 0 Å². The van der Waals surface area contributed by atoms with Gasteiger partial charge in [0, 0.05) is 0 Å². The molecule has 2 unspecified atom stereocenters. The molecule has 0 fully saturated rings. The molecule has 1 aliphatic carbocycles. The smallest absolute Gasteiger partial charge is 0.0167 e. The Hall–Kier alpha value is -0.780. The Bertz CT molecular complexity index is 266. The largest absolute Gasteiger partial charge is 0.0880 e. The van der Waals surface area contributed by atoms with Crippen molar-refractivity contribution in [2.24, 2.45) is 17.8 Å². The fourth-order valence-electron chi connectivity index (χ4n) is 1.91. The highest BCUT2D eigenvalue weighted by Crippen LogP contribution is 2.26. The van der Waals surface area contributed by atoms with E-state index in [4.69, 9.17) is 0 Å². The van der Waals surface area contributed by atoms with Crippen LogP contribution in [0.5, 0.6) is 0 Å². The summed E-state index contributed by atoms with van der Waals surface area (Å²) < 4.78 is 0.